The summed E-state index contributed by atoms with van der Waals surface area (Å²) in [6.45, 7) is 4.67. The van der Waals surface area contributed by atoms with Gasteiger partial charge in [0.2, 0.25) is 0 Å². The van der Waals surface area contributed by atoms with Crippen LogP contribution in [0.5, 0.6) is 0 Å². The van der Waals surface area contributed by atoms with E-state index in [1.807, 2.05) is 0 Å². The van der Waals surface area contributed by atoms with E-state index in [0.717, 1.165) is 154 Å². The number of carbonyl (C=O) groups excluding carboxylic acids is 4. The van der Waals surface area contributed by atoms with Gasteiger partial charge in [-0.1, -0.05) is 267 Å². The molecule has 0 aromatic rings. The molecule has 0 amide bonds. The molecule has 0 saturated heterocycles. The third-order valence-electron chi connectivity index (χ3n) is 15.8. The number of esters is 4. The normalized spacial score (nSPS) is 14.4. The molecule has 0 aliphatic rings. The van der Waals surface area contributed by atoms with Crippen LogP contribution in [0.2, 0.25) is 0 Å². The highest BCUT2D eigenvalue weighted by Gasteiger charge is 2.30. The number of hydrogen-bond acceptors (Lipinski definition) is 15. The number of unbranched alkanes of at least 4 members (excludes halogenated alkanes) is 31. The van der Waals surface area contributed by atoms with Gasteiger partial charge in [-0.05, 0) is 116 Å². The Bertz CT molecular complexity index is 2160. The standard InChI is InChI=1S/C77H136O17P2/c1-5-9-13-17-21-25-29-31-33-34-35-36-38-39-43-46-50-54-58-62-75(80)88-68-73(94-77(82)64-60-56-52-48-44-40-37-32-30-26-22-18-14-10-6-2)70-92-96(85,86)90-66-71(78)65-89-95(83,84)91-69-72(93-76(81)63-59-55-51-47-42-28-24-20-16-12-8-4)67-87-74(79)61-57-53-49-45-41-27-23-19-15-11-7-3/h9,13,19,21,23,25,31-33,35-37,39,43,71-73,78H,5-8,10-12,14-18,20,22,24,26-30,34,38,40-42,44-70H2,1-4H3,(H,83,84)(H,85,86)/b13-9-,23-19-,25-21-,33-31-,36-35-,37-32-,43-39-. The minimum absolute atomic E-state index is 0.0787. The summed E-state index contributed by atoms with van der Waals surface area (Å²) in [5, 5.41) is 10.6. The van der Waals surface area contributed by atoms with Gasteiger partial charge in [-0.15, -0.1) is 0 Å². The van der Waals surface area contributed by atoms with Crippen molar-refractivity contribution in [2.45, 2.75) is 341 Å². The number of hydrogen-bond donors (Lipinski definition) is 3. The van der Waals surface area contributed by atoms with Crippen molar-refractivity contribution in [3.8, 4) is 0 Å². The molecule has 0 rings (SSSR count). The summed E-state index contributed by atoms with van der Waals surface area (Å²) >= 11 is 0. The predicted octanol–water partition coefficient (Wildman–Crippen LogP) is 21.4. The lowest BCUT2D eigenvalue weighted by Crippen LogP contribution is -2.30. The topological polar surface area (TPSA) is 237 Å². The zero-order chi connectivity index (χ0) is 70.4. The van der Waals surface area contributed by atoms with Crippen LogP contribution in [0.4, 0.5) is 0 Å². The molecule has 19 heteroatoms. The van der Waals surface area contributed by atoms with Crippen molar-refractivity contribution in [3.05, 3.63) is 85.1 Å². The fraction of sp³-hybridized carbons (Fsp3) is 0.766. The average molecular weight is 1400 g/mol. The van der Waals surface area contributed by atoms with Crippen LogP contribution in [0.1, 0.15) is 323 Å². The molecule has 0 fully saturated rings. The Labute approximate surface area is 583 Å². The van der Waals surface area contributed by atoms with Gasteiger partial charge in [0, 0.05) is 25.7 Å². The first-order valence-corrected chi connectivity index (χ1v) is 40.8. The molecule has 0 aliphatic heterocycles. The molecule has 5 unspecified atom stereocenters. The molecule has 0 spiro atoms. The summed E-state index contributed by atoms with van der Waals surface area (Å²) in [5.41, 5.74) is 0. The first-order valence-electron chi connectivity index (χ1n) is 37.8. The van der Waals surface area contributed by atoms with Crippen molar-refractivity contribution in [3.63, 3.8) is 0 Å². The van der Waals surface area contributed by atoms with Gasteiger partial charge in [-0.2, -0.15) is 0 Å². The Kier molecular flexibility index (Phi) is 67.0. The Hall–Kier alpha value is -3.76. The van der Waals surface area contributed by atoms with E-state index in [4.69, 9.17) is 37.0 Å². The average Bonchev–Trinajstić information content (AvgIpc) is 1.41. The van der Waals surface area contributed by atoms with Crippen LogP contribution in [-0.2, 0) is 65.4 Å². The maximum absolute atomic E-state index is 13.1. The molecule has 5 atom stereocenters. The van der Waals surface area contributed by atoms with E-state index in [2.05, 4.69) is 113 Å². The van der Waals surface area contributed by atoms with E-state index in [9.17, 15) is 43.2 Å². The zero-order valence-corrected chi connectivity index (χ0v) is 62.3. The van der Waals surface area contributed by atoms with E-state index < -0.39 is 97.5 Å². The first kappa shape index (κ1) is 92.2. The van der Waals surface area contributed by atoms with Crippen molar-refractivity contribution in [1.29, 1.82) is 0 Å². The third-order valence-corrected chi connectivity index (χ3v) is 17.7. The molecule has 556 valence electrons. The second kappa shape index (κ2) is 69.7. The van der Waals surface area contributed by atoms with E-state index in [0.29, 0.717) is 25.7 Å². The van der Waals surface area contributed by atoms with Crippen molar-refractivity contribution in [1.82, 2.24) is 0 Å². The molecular weight excluding hydrogens is 1260 g/mol. The second-order valence-electron chi connectivity index (χ2n) is 25.2. The van der Waals surface area contributed by atoms with Crippen LogP contribution in [0.15, 0.2) is 85.1 Å². The van der Waals surface area contributed by atoms with Crippen molar-refractivity contribution < 1.29 is 80.2 Å². The highest BCUT2D eigenvalue weighted by molar-refractivity contribution is 7.47. The fourth-order valence-corrected chi connectivity index (χ4v) is 11.6. The smallest absolute Gasteiger partial charge is 0.462 e. The Morgan fingerprint density at radius 1 is 0.302 bits per heavy atom. The SMILES string of the molecule is CC/C=C\C/C=C\C/C=C\C/C=C\C/C=C\CCCCCC(=O)OCC(COP(=O)(O)OCC(O)COP(=O)(O)OCC(COC(=O)CCCCCCC/C=C\CCCC)OC(=O)CCCCCCCCCCCCC)OC(=O)CCCCCCC/C=C\CCCCCCCC. The Morgan fingerprint density at radius 3 is 0.885 bits per heavy atom. The number of ether oxygens (including phenoxy) is 4. The lowest BCUT2D eigenvalue weighted by molar-refractivity contribution is -0.161. The van der Waals surface area contributed by atoms with E-state index in [1.54, 1.807) is 0 Å². The van der Waals surface area contributed by atoms with Gasteiger partial charge in [0.25, 0.3) is 0 Å². The second-order valence-corrected chi connectivity index (χ2v) is 28.1. The minimum atomic E-state index is -4.98. The van der Waals surface area contributed by atoms with Crippen LogP contribution in [0.3, 0.4) is 0 Å². The molecule has 0 heterocycles. The number of phosphoric acid groups is 2. The monoisotopic (exact) mass is 1390 g/mol. The van der Waals surface area contributed by atoms with Crippen LogP contribution in [-0.4, -0.2) is 96.7 Å². The molecule has 0 radical (unpaired) electrons. The van der Waals surface area contributed by atoms with Gasteiger partial charge in [0.1, 0.15) is 19.3 Å². The summed E-state index contributed by atoms with van der Waals surface area (Å²) in [5.74, 6) is -2.21. The van der Waals surface area contributed by atoms with Crippen LogP contribution in [0.25, 0.3) is 0 Å². The van der Waals surface area contributed by atoms with Crippen LogP contribution >= 0.6 is 15.6 Å². The van der Waals surface area contributed by atoms with Crippen molar-refractivity contribution >= 4 is 39.5 Å². The summed E-state index contributed by atoms with van der Waals surface area (Å²) in [7, 11) is -9.94. The quantitative estimate of drug-likeness (QED) is 0.0169. The molecular formula is C77H136O17P2. The number of rotatable bonds is 71. The summed E-state index contributed by atoms with van der Waals surface area (Å²) in [6.07, 6.45) is 70.1. The van der Waals surface area contributed by atoms with E-state index in [1.165, 1.54) is 89.9 Å². The lowest BCUT2D eigenvalue weighted by atomic mass is 10.1. The summed E-state index contributed by atoms with van der Waals surface area (Å²) in [4.78, 5) is 72.7. The molecule has 0 aromatic carbocycles. The molecule has 3 N–H and O–H groups in total. The summed E-state index contributed by atoms with van der Waals surface area (Å²) < 4.78 is 68.3. The minimum Gasteiger partial charge on any atom is -0.462 e. The number of aliphatic hydroxyl groups excluding tert-OH is 1. The van der Waals surface area contributed by atoms with Gasteiger partial charge in [0.05, 0.1) is 26.4 Å². The van der Waals surface area contributed by atoms with Gasteiger partial charge >= 0.3 is 39.5 Å². The molecule has 17 nitrogen and oxygen atoms in total. The maximum atomic E-state index is 13.1. The number of aliphatic hydroxyl groups is 1. The van der Waals surface area contributed by atoms with Gasteiger partial charge in [0.15, 0.2) is 12.2 Å². The lowest BCUT2D eigenvalue weighted by Gasteiger charge is -2.21. The third kappa shape index (κ3) is 68.8. The predicted molar refractivity (Wildman–Crippen MR) is 390 cm³/mol. The summed E-state index contributed by atoms with van der Waals surface area (Å²) in [6, 6.07) is 0. The van der Waals surface area contributed by atoms with Crippen molar-refractivity contribution in [2.24, 2.45) is 0 Å². The van der Waals surface area contributed by atoms with Crippen molar-refractivity contribution in [2.75, 3.05) is 39.6 Å². The molecule has 0 aliphatic carbocycles. The van der Waals surface area contributed by atoms with Gasteiger partial charge in [-0.3, -0.25) is 37.3 Å². The molecule has 0 aromatic heterocycles. The van der Waals surface area contributed by atoms with E-state index in [-0.39, 0.29) is 25.7 Å². The Morgan fingerprint density at radius 2 is 0.552 bits per heavy atom. The van der Waals surface area contributed by atoms with Gasteiger partial charge < -0.3 is 33.8 Å². The Balaban J connectivity index is 5.34. The highest BCUT2D eigenvalue weighted by atomic mass is 31.2. The van der Waals surface area contributed by atoms with Crippen LogP contribution < -0.4 is 0 Å². The number of carbonyl (C=O) groups is 4. The number of allylic oxidation sites excluding steroid dienone is 14. The first-order chi connectivity index (χ1) is 46.7. The molecule has 0 saturated carbocycles. The van der Waals surface area contributed by atoms with Gasteiger partial charge in [-0.25, -0.2) is 9.13 Å². The highest BCUT2D eigenvalue weighted by Crippen LogP contribution is 2.45. The van der Waals surface area contributed by atoms with E-state index >= 15 is 0 Å². The maximum Gasteiger partial charge on any atom is 0.472 e. The number of phosphoric ester groups is 2. The zero-order valence-electron chi connectivity index (χ0n) is 60.5. The van der Waals surface area contributed by atoms with Crippen LogP contribution in [0, 0.1) is 0 Å². The molecule has 96 heavy (non-hydrogen) atoms. The largest absolute Gasteiger partial charge is 0.472 e. The fourth-order valence-electron chi connectivity index (χ4n) is 10.0. The molecule has 0 bridgehead atoms.